The van der Waals surface area contributed by atoms with Gasteiger partial charge >= 0.3 is 0 Å². The van der Waals surface area contributed by atoms with E-state index in [1.165, 1.54) is 0 Å². The topological polar surface area (TPSA) is 46.2 Å². The highest BCUT2D eigenvalue weighted by Crippen LogP contribution is 2.43. The van der Waals surface area contributed by atoms with Crippen LogP contribution in [0.2, 0.25) is 0 Å². The Balaban J connectivity index is 1.24. The smallest absolute Gasteiger partial charge is 0.184 e. The van der Waals surface area contributed by atoms with Crippen molar-refractivity contribution in [1.29, 1.82) is 0 Å². The van der Waals surface area contributed by atoms with E-state index in [1.807, 2.05) is 84.9 Å². The summed E-state index contributed by atoms with van der Waals surface area (Å²) in [6.45, 7) is 2.06. The van der Waals surface area contributed by atoms with Crippen molar-refractivity contribution in [3.8, 4) is 0 Å². The molecule has 4 aromatic carbocycles. The summed E-state index contributed by atoms with van der Waals surface area (Å²) in [4.78, 5) is 0. The Bertz CT molecular complexity index is 1280. The van der Waals surface area contributed by atoms with Crippen LogP contribution in [0, 0.1) is 5.92 Å². The van der Waals surface area contributed by atoms with E-state index < -0.39 is 6.29 Å². The van der Waals surface area contributed by atoms with Gasteiger partial charge in [-0.2, -0.15) is 0 Å². The second kappa shape index (κ2) is 13.4. The van der Waals surface area contributed by atoms with Gasteiger partial charge < -0.3 is 23.7 Å². The van der Waals surface area contributed by atoms with Gasteiger partial charge in [0.25, 0.3) is 0 Å². The maximum Gasteiger partial charge on any atom is 0.184 e. The normalized spacial score (nSPS) is 25.9. The van der Waals surface area contributed by atoms with E-state index in [0.29, 0.717) is 26.4 Å². The Morgan fingerprint density at radius 2 is 1.05 bits per heavy atom. The fourth-order valence-electron chi connectivity index (χ4n) is 5.65. The summed E-state index contributed by atoms with van der Waals surface area (Å²) in [5, 5.41) is 0. The zero-order chi connectivity index (χ0) is 27.0. The highest BCUT2D eigenvalue weighted by Gasteiger charge is 2.52. The fraction of sp³-hybridized carbons (Fsp3) is 0.314. The van der Waals surface area contributed by atoms with Crippen LogP contribution < -0.4 is 0 Å². The zero-order valence-electron chi connectivity index (χ0n) is 22.6. The molecule has 4 aromatic rings. The number of hydrogen-bond donors (Lipinski definition) is 0. The molecule has 0 N–H and O–H groups in total. The van der Waals surface area contributed by atoms with Crippen LogP contribution in [0.15, 0.2) is 121 Å². The first-order valence-corrected chi connectivity index (χ1v) is 14.1. The average molecular weight is 537 g/mol. The number of fused-ring (bicyclic) bond motifs is 1. The third kappa shape index (κ3) is 6.69. The Morgan fingerprint density at radius 1 is 0.550 bits per heavy atom. The molecule has 40 heavy (non-hydrogen) atoms. The summed E-state index contributed by atoms with van der Waals surface area (Å²) in [6.07, 6.45) is -0.570. The molecular formula is C35H36O5. The van der Waals surface area contributed by atoms with E-state index in [0.717, 1.165) is 28.7 Å². The third-order valence-electron chi connectivity index (χ3n) is 7.68. The number of rotatable bonds is 11. The second-order valence-electron chi connectivity index (χ2n) is 10.5. The molecular weight excluding hydrogens is 500 g/mol. The van der Waals surface area contributed by atoms with Crippen LogP contribution in [0.1, 0.15) is 35.0 Å². The first-order valence-electron chi connectivity index (χ1n) is 14.1. The third-order valence-corrected chi connectivity index (χ3v) is 7.68. The number of ether oxygens (including phenoxy) is 5. The van der Waals surface area contributed by atoms with Gasteiger partial charge in [-0.1, -0.05) is 121 Å². The van der Waals surface area contributed by atoms with Crippen LogP contribution in [0.3, 0.4) is 0 Å². The Hall–Kier alpha value is -3.32. The van der Waals surface area contributed by atoms with Crippen molar-refractivity contribution in [2.75, 3.05) is 6.61 Å². The van der Waals surface area contributed by atoms with Crippen molar-refractivity contribution >= 4 is 0 Å². The quantitative estimate of drug-likeness (QED) is 0.209. The first-order chi connectivity index (χ1) is 19.8. The molecule has 2 fully saturated rings. The highest BCUT2D eigenvalue weighted by atomic mass is 16.7. The number of hydrogen-bond acceptors (Lipinski definition) is 5. The summed E-state index contributed by atoms with van der Waals surface area (Å²) in [6, 6.07) is 40.9. The minimum atomic E-state index is -0.433. The minimum absolute atomic E-state index is 0.0765. The second-order valence-corrected chi connectivity index (χ2v) is 10.5. The Kier molecular flexibility index (Phi) is 8.98. The van der Waals surface area contributed by atoms with Gasteiger partial charge in [-0.05, 0) is 23.1 Å². The molecule has 206 valence electrons. The van der Waals surface area contributed by atoms with Gasteiger partial charge in [-0.25, -0.2) is 0 Å². The van der Waals surface area contributed by atoms with E-state index in [9.17, 15) is 0 Å². The van der Waals surface area contributed by atoms with Gasteiger partial charge in [0.1, 0.15) is 12.2 Å². The molecule has 1 heterocycles. The largest absolute Gasteiger partial charge is 0.376 e. The molecule has 0 aromatic heterocycles. The number of benzene rings is 4. The molecule has 1 saturated heterocycles. The maximum absolute atomic E-state index is 6.69. The molecule has 2 aliphatic rings. The predicted molar refractivity (Wildman–Crippen MR) is 153 cm³/mol. The lowest BCUT2D eigenvalue weighted by Gasteiger charge is -2.42. The van der Waals surface area contributed by atoms with E-state index in [2.05, 4.69) is 36.4 Å². The molecule has 0 radical (unpaired) electrons. The summed E-state index contributed by atoms with van der Waals surface area (Å²) in [5.41, 5.74) is 4.40. The van der Waals surface area contributed by atoms with Crippen LogP contribution in [-0.4, -0.2) is 31.0 Å². The Labute approximate surface area is 236 Å². The molecule has 3 unspecified atom stereocenters. The van der Waals surface area contributed by atoms with Crippen molar-refractivity contribution in [2.45, 2.75) is 56.9 Å². The molecule has 0 bridgehead atoms. The molecule has 5 heteroatoms. The predicted octanol–water partition coefficient (Wildman–Crippen LogP) is 6.88. The van der Waals surface area contributed by atoms with E-state index >= 15 is 0 Å². The summed E-state index contributed by atoms with van der Waals surface area (Å²) in [5.74, 6) is 0.0765. The van der Waals surface area contributed by atoms with Gasteiger partial charge in [0, 0.05) is 11.5 Å². The van der Waals surface area contributed by atoms with Gasteiger partial charge in [-0.3, -0.25) is 0 Å². The standard InChI is InChI=1S/C35H36O5/c1-5-13-26(14-6-1)22-36-25-30-21-31-33(40-35(39-31)29-19-11-4-12-20-29)34(38-24-28-17-9-3-10-18-28)32(30)37-23-27-15-7-2-8-16-27/h1-20,30-35H,21-25H2/t30?,31-,32-,33?,34?,35+/m0/s1. The van der Waals surface area contributed by atoms with E-state index in [4.69, 9.17) is 23.7 Å². The molecule has 0 amide bonds. The lowest BCUT2D eigenvalue weighted by atomic mass is 9.81. The monoisotopic (exact) mass is 536 g/mol. The van der Waals surface area contributed by atoms with Crippen LogP contribution in [-0.2, 0) is 43.5 Å². The molecule has 0 spiro atoms. The van der Waals surface area contributed by atoms with Gasteiger partial charge in [0.05, 0.1) is 38.6 Å². The van der Waals surface area contributed by atoms with Crippen molar-refractivity contribution in [2.24, 2.45) is 5.92 Å². The van der Waals surface area contributed by atoms with Gasteiger partial charge in [-0.15, -0.1) is 0 Å². The van der Waals surface area contributed by atoms with Gasteiger partial charge in [0.15, 0.2) is 6.29 Å². The molecule has 5 nitrogen and oxygen atoms in total. The van der Waals surface area contributed by atoms with Crippen LogP contribution in [0.25, 0.3) is 0 Å². The van der Waals surface area contributed by atoms with Crippen molar-refractivity contribution in [3.63, 3.8) is 0 Å². The lowest BCUT2D eigenvalue weighted by molar-refractivity contribution is -0.187. The lowest BCUT2D eigenvalue weighted by Crippen LogP contribution is -2.55. The first kappa shape index (κ1) is 26.9. The van der Waals surface area contributed by atoms with Crippen molar-refractivity contribution in [3.05, 3.63) is 144 Å². The molecule has 6 atom stereocenters. The van der Waals surface area contributed by atoms with Gasteiger partial charge in [0.2, 0.25) is 0 Å². The highest BCUT2D eigenvalue weighted by molar-refractivity contribution is 5.19. The van der Waals surface area contributed by atoms with E-state index in [1.54, 1.807) is 0 Å². The molecule has 1 saturated carbocycles. The van der Waals surface area contributed by atoms with Crippen LogP contribution >= 0.6 is 0 Å². The Morgan fingerprint density at radius 3 is 1.62 bits per heavy atom. The molecule has 1 aliphatic carbocycles. The van der Waals surface area contributed by atoms with Crippen molar-refractivity contribution in [1.82, 2.24) is 0 Å². The summed E-state index contributed by atoms with van der Waals surface area (Å²) in [7, 11) is 0. The minimum Gasteiger partial charge on any atom is -0.376 e. The maximum atomic E-state index is 6.69. The SMILES string of the molecule is c1ccc(COCC2C[C@@H]3O[C@@H](c4ccccc4)OC3C(OCc3ccccc3)[C@H]2OCc2ccccc2)cc1. The van der Waals surface area contributed by atoms with Crippen LogP contribution in [0.5, 0.6) is 0 Å². The van der Waals surface area contributed by atoms with Crippen molar-refractivity contribution < 1.29 is 23.7 Å². The summed E-state index contributed by atoms with van der Waals surface area (Å²) >= 11 is 0. The molecule has 6 rings (SSSR count). The van der Waals surface area contributed by atoms with E-state index in [-0.39, 0.29) is 30.3 Å². The van der Waals surface area contributed by atoms with Crippen LogP contribution in [0.4, 0.5) is 0 Å². The summed E-state index contributed by atoms with van der Waals surface area (Å²) < 4.78 is 32.8. The zero-order valence-corrected chi connectivity index (χ0v) is 22.6. The molecule has 1 aliphatic heterocycles. The average Bonchev–Trinajstić information content (AvgIpc) is 3.45. The fourth-order valence-corrected chi connectivity index (χ4v) is 5.65.